The lowest BCUT2D eigenvalue weighted by atomic mass is 10.1. The van der Waals surface area contributed by atoms with E-state index in [1.165, 1.54) is 0 Å². The predicted molar refractivity (Wildman–Crippen MR) is 87.0 cm³/mol. The number of nitrogens with zero attached hydrogens (tertiary/aromatic N) is 4. The average Bonchev–Trinajstić information content (AvgIpc) is 2.74. The van der Waals surface area contributed by atoms with Crippen molar-refractivity contribution in [1.29, 1.82) is 0 Å². The van der Waals surface area contributed by atoms with Gasteiger partial charge >= 0.3 is 0 Å². The summed E-state index contributed by atoms with van der Waals surface area (Å²) < 4.78 is 7.48. The Morgan fingerprint density at radius 2 is 2.13 bits per heavy atom. The van der Waals surface area contributed by atoms with E-state index in [0.29, 0.717) is 25.1 Å². The van der Waals surface area contributed by atoms with E-state index in [4.69, 9.17) is 4.74 Å². The lowest BCUT2D eigenvalue weighted by Crippen LogP contribution is -2.45. The Kier molecular flexibility index (Phi) is 3.79. The van der Waals surface area contributed by atoms with Gasteiger partial charge in [0.05, 0.1) is 24.8 Å². The van der Waals surface area contributed by atoms with Crippen LogP contribution in [0.4, 0.5) is 0 Å². The van der Waals surface area contributed by atoms with Gasteiger partial charge in [0.1, 0.15) is 6.54 Å². The third kappa shape index (κ3) is 2.96. The van der Waals surface area contributed by atoms with E-state index in [1.54, 1.807) is 4.68 Å². The topological polar surface area (TPSA) is 50.6 Å². The van der Waals surface area contributed by atoms with Gasteiger partial charge in [-0.25, -0.2) is 0 Å². The van der Waals surface area contributed by atoms with Crippen LogP contribution in [0.5, 0.6) is 0 Å². The van der Waals surface area contributed by atoms with Crippen molar-refractivity contribution in [3.05, 3.63) is 30.5 Å². The molecule has 1 aromatic carbocycles. The van der Waals surface area contributed by atoms with Crippen LogP contribution >= 0.6 is 0 Å². The number of fused-ring (bicyclic) bond motifs is 4. The molecule has 2 saturated heterocycles. The summed E-state index contributed by atoms with van der Waals surface area (Å²) >= 11 is 0. The van der Waals surface area contributed by atoms with Crippen molar-refractivity contribution in [2.75, 3.05) is 39.9 Å². The number of carbonyl (C=O) groups is 1. The van der Waals surface area contributed by atoms with Gasteiger partial charge in [-0.3, -0.25) is 14.4 Å². The maximum Gasteiger partial charge on any atom is 0.244 e. The quantitative estimate of drug-likeness (QED) is 0.824. The Morgan fingerprint density at radius 3 is 3.00 bits per heavy atom. The molecule has 0 N–H and O–H groups in total. The highest BCUT2D eigenvalue weighted by Crippen LogP contribution is 2.19. The molecule has 2 atom stereocenters. The summed E-state index contributed by atoms with van der Waals surface area (Å²) in [6, 6.07) is 8.24. The van der Waals surface area contributed by atoms with E-state index in [-0.39, 0.29) is 5.91 Å². The van der Waals surface area contributed by atoms with Gasteiger partial charge in [-0.15, -0.1) is 0 Å². The third-order valence-electron chi connectivity index (χ3n) is 4.85. The van der Waals surface area contributed by atoms with Gasteiger partial charge in [-0.05, 0) is 13.1 Å². The molecule has 6 nitrogen and oxygen atoms in total. The van der Waals surface area contributed by atoms with Gasteiger partial charge in [0.15, 0.2) is 0 Å². The maximum atomic E-state index is 12.7. The average molecular weight is 314 g/mol. The first-order valence-corrected chi connectivity index (χ1v) is 8.17. The number of benzene rings is 1. The fourth-order valence-electron chi connectivity index (χ4n) is 3.59. The van der Waals surface area contributed by atoms with Crippen molar-refractivity contribution in [2.45, 2.75) is 12.6 Å². The molecular weight excluding hydrogens is 292 g/mol. The van der Waals surface area contributed by atoms with E-state index in [0.717, 1.165) is 37.1 Å². The third-order valence-corrected chi connectivity index (χ3v) is 4.85. The van der Waals surface area contributed by atoms with Crippen LogP contribution in [0.3, 0.4) is 0 Å². The van der Waals surface area contributed by atoms with Gasteiger partial charge in [0, 0.05) is 37.1 Å². The van der Waals surface area contributed by atoms with Gasteiger partial charge in [0.25, 0.3) is 0 Å². The number of amides is 1. The number of hydrogen-bond acceptors (Lipinski definition) is 4. The molecule has 6 heteroatoms. The summed E-state index contributed by atoms with van der Waals surface area (Å²) in [5.41, 5.74) is 0.932. The molecule has 2 fully saturated rings. The molecule has 3 heterocycles. The van der Waals surface area contributed by atoms with E-state index < -0.39 is 0 Å². The number of ether oxygens (including phenoxy) is 1. The smallest absolute Gasteiger partial charge is 0.244 e. The van der Waals surface area contributed by atoms with Gasteiger partial charge in [0.2, 0.25) is 5.91 Å². The molecular formula is C17H22N4O2. The zero-order chi connectivity index (χ0) is 15.8. The fourth-order valence-corrected chi connectivity index (χ4v) is 3.59. The van der Waals surface area contributed by atoms with Gasteiger partial charge < -0.3 is 9.64 Å². The zero-order valence-corrected chi connectivity index (χ0v) is 13.4. The lowest BCUT2D eigenvalue weighted by molar-refractivity contribution is -0.133. The number of carbonyl (C=O) groups excluding carboxylic acids is 1. The molecule has 0 aliphatic carbocycles. The first kappa shape index (κ1) is 14.7. The van der Waals surface area contributed by atoms with Gasteiger partial charge in [-0.1, -0.05) is 18.2 Å². The van der Waals surface area contributed by atoms with E-state index >= 15 is 0 Å². The van der Waals surface area contributed by atoms with Crippen molar-refractivity contribution in [3.63, 3.8) is 0 Å². The van der Waals surface area contributed by atoms with Crippen LogP contribution in [-0.4, -0.2) is 71.4 Å². The fraction of sp³-hybridized carbons (Fsp3) is 0.529. The second kappa shape index (κ2) is 5.94. The zero-order valence-electron chi connectivity index (χ0n) is 13.4. The molecule has 2 aliphatic heterocycles. The standard InChI is InChI=1S/C17H22N4O2/c1-19-6-13-7-20(9-15(19)12-23-11-13)17(22)10-21-8-14-4-2-3-5-16(14)18-21/h2-5,8,13,15H,6-7,9-12H2,1H3/t13-,15+/m1/s1. The van der Waals surface area contributed by atoms with Crippen LogP contribution < -0.4 is 0 Å². The molecule has 0 saturated carbocycles. The molecule has 2 aliphatic rings. The SMILES string of the molecule is CN1C[C@H]2COC[C@@H]1CN(C(=O)Cn1cc3ccccc3n1)C2. The summed E-state index contributed by atoms with van der Waals surface area (Å²) in [5.74, 6) is 0.540. The van der Waals surface area contributed by atoms with E-state index in [9.17, 15) is 4.79 Å². The molecule has 0 spiro atoms. The summed E-state index contributed by atoms with van der Waals surface area (Å²) in [6.07, 6.45) is 1.95. The molecule has 0 radical (unpaired) electrons. The summed E-state index contributed by atoms with van der Waals surface area (Å²) in [5, 5.41) is 5.56. The monoisotopic (exact) mass is 314 g/mol. The first-order chi connectivity index (χ1) is 11.2. The van der Waals surface area contributed by atoms with Gasteiger partial charge in [-0.2, -0.15) is 5.10 Å². The highest BCUT2D eigenvalue weighted by molar-refractivity contribution is 5.80. The first-order valence-electron chi connectivity index (χ1n) is 8.17. The maximum absolute atomic E-state index is 12.7. The van der Waals surface area contributed by atoms with Crippen LogP contribution in [-0.2, 0) is 16.1 Å². The second-order valence-electron chi connectivity index (χ2n) is 6.68. The minimum Gasteiger partial charge on any atom is -0.379 e. The molecule has 1 amide bonds. The number of aromatic nitrogens is 2. The molecule has 1 aromatic heterocycles. The normalized spacial score (nSPS) is 25.5. The summed E-state index contributed by atoms with van der Waals surface area (Å²) in [7, 11) is 2.13. The van der Waals surface area contributed by atoms with Crippen molar-refractivity contribution >= 4 is 16.8 Å². The van der Waals surface area contributed by atoms with Crippen molar-refractivity contribution in [3.8, 4) is 0 Å². The molecule has 122 valence electrons. The summed E-state index contributed by atoms with van der Waals surface area (Å²) in [4.78, 5) is 17.1. The van der Waals surface area contributed by atoms with Crippen LogP contribution in [0, 0.1) is 5.92 Å². The van der Waals surface area contributed by atoms with Crippen LogP contribution in [0.25, 0.3) is 10.9 Å². The second-order valence-corrected chi connectivity index (χ2v) is 6.68. The Bertz CT molecular complexity index is 680. The number of likely N-dealkylation sites (N-methyl/N-ethyl adjacent to an activating group) is 1. The molecule has 23 heavy (non-hydrogen) atoms. The Balaban J connectivity index is 1.50. The Labute approximate surface area is 135 Å². The molecule has 2 bridgehead atoms. The Hall–Kier alpha value is -1.92. The number of rotatable bonds is 2. The van der Waals surface area contributed by atoms with Crippen LogP contribution in [0.2, 0.25) is 0 Å². The molecule has 0 unspecified atom stereocenters. The lowest BCUT2D eigenvalue weighted by Gasteiger charge is -2.29. The van der Waals surface area contributed by atoms with Crippen molar-refractivity contribution in [2.24, 2.45) is 5.92 Å². The highest BCUT2D eigenvalue weighted by Gasteiger charge is 2.33. The molecule has 4 rings (SSSR count). The van der Waals surface area contributed by atoms with E-state index in [1.807, 2.05) is 35.4 Å². The highest BCUT2D eigenvalue weighted by atomic mass is 16.5. The van der Waals surface area contributed by atoms with Crippen LogP contribution in [0.15, 0.2) is 30.5 Å². The number of hydrogen-bond donors (Lipinski definition) is 0. The van der Waals surface area contributed by atoms with E-state index in [2.05, 4.69) is 17.0 Å². The van der Waals surface area contributed by atoms with Crippen molar-refractivity contribution in [1.82, 2.24) is 19.6 Å². The minimum absolute atomic E-state index is 0.144. The van der Waals surface area contributed by atoms with Crippen LogP contribution in [0.1, 0.15) is 0 Å². The Morgan fingerprint density at radius 1 is 1.26 bits per heavy atom. The minimum atomic E-state index is 0.144. The van der Waals surface area contributed by atoms with Crippen molar-refractivity contribution < 1.29 is 9.53 Å². The summed E-state index contributed by atoms with van der Waals surface area (Å²) in [6.45, 7) is 4.28. The largest absolute Gasteiger partial charge is 0.379 e. The predicted octanol–water partition coefficient (Wildman–Crippen LogP) is 0.825. The molecule has 2 aromatic rings.